The van der Waals surface area contributed by atoms with Gasteiger partial charge in [-0.25, -0.2) is 4.39 Å². The molecule has 0 saturated heterocycles. The molecule has 0 fully saturated rings. The van der Waals surface area contributed by atoms with Crippen LogP contribution in [0.4, 0.5) is 15.8 Å². The van der Waals surface area contributed by atoms with Gasteiger partial charge in [-0.1, -0.05) is 35.4 Å². The fourth-order valence-electron chi connectivity index (χ4n) is 2.52. The first kappa shape index (κ1) is 19.7. The number of amides is 1. The lowest BCUT2D eigenvalue weighted by Crippen LogP contribution is -2.20. The van der Waals surface area contributed by atoms with Gasteiger partial charge >= 0.3 is 0 Å². The first-order valence-electron chi connectivity index (χ1n) is 8.77. The van der Waals surface area contributed by atoms with E-state index in [9.17, 15) is 9.18 Å². The Hall–Kier alpha value is -3.05. The highest BCUT2D eigenvalue weighted by Gasteiger charge is 2.08. The summed E-state index contributed by atoms with van der Waals surface area (Å²) < 4.78 is 18.4. The average molecular weight is 399 g/mol. The molecule has 1 amide bonds. The third kappa shape index (κ3) is 5.72. The monoisotopic (exact) mass is 398 g/mol. The number of carbonyl (C=O) groups is 1. The van der Waals surface area contributed by atoms with Crippen LogP contribution in [-0.4, -0.2) is 12.5 Å². The van der Waals surface area contributed by atoms with Gasteiger partial charge in [0.1, 0.15) is 11.6 Å². The molecule has 6 heteroatoms. The molecule has 0 radical (unpaired) electrons. The van der Waals surface area contributed by atoms with Crippen molar-refractivity contribution in [3.8, 4) is 5.75 Å². The number of nitrogens with one attached hydrogen (secondary N) is 2. The van der Waals surface area contributed by atoms with Gasteiger partial charge in [-0.15, -0.1) is 0 Å². The molecular formula is C22H20ClFN2O2. The highest BCUT2D eigenvalue weighted by molar-refractivity contribution is 6.32. The summed E-state index contributed by atoms with van der Waals surface area (Å²) in [5.41, 5.74) is 3.58. The number of hydrogen-bond donors (Lipinski definition) is 2. The lowest BCUT2D eigenvalue weighted by molar-refractivity contribution is -0.118. The summed E-state index contributed by atoms with van der Waals surface area (Å²) >= 11 is 6.26. The van der Waals surface area contributed by atoms with Crippen LogP contribution in [0.1, 0.15) is 11.1 Å². The lowest BCUT2D eigenvalue weighted by Gasteiger charge is -2.11. The number of aryl methyl sites for hydroxylation is 1. The van der Waals surface area contributed by atoms with Crippen LogP contribution >= 0.6 is 11.6 Å². The zero-order valence-electron chi connectivity index (χ0n) is 15.3. The second-order valence-electron chi connectivity index (χ2n) is 6.33. The van der Waals surface area contributed by atoms with E-state index in [4.69, 9.17) is 16.3 Å². The molecule has 0 aliphatic carbocycles. The van der Waals surface area contributed by atoms with Gasteiger partial charge in [-0.2, -0.15) is 0 Å². The van der Waals surface area contributed by atoms with Gasteiger partial charge in [-0.05, 0) is 61.0 Å². The summed E-state index contributed by atoms with van der Waals surface area (Å²) in [5.74, 6) is -0.102. The van der Waals surface area contributed by atoms with Gasteiger partial charge in [0.05, 0.1) is 5.02 Å². The van der Waals surface area contributed by atoms with E-state index in [1.807, 2.05) is 37.3 Å². The minimum absolute atomic E-state index is 0.138. The molecule has 0 spiro atoms. The predicted molar refractivity (Wildman–Crippen MR) is 110 cm³/mol. The van der Waals surface area contributed by atoms with Crippen molar-refractivity contribution >= 4 is 28.9 Å². The van der Waals surface area contributed by atoms with E-state index in [1.54, 1.807) is 24.3 Å². The number of anilines is 2. The minimum Gasteiger partial charge on any atom is -0.482 e. The average Bonchev–Trinajstić information content (AvgIpc) is 2.68. The van der Waals surface area contributed by atoms with Crippen LogP contribution in [0.25, 0.3) is 0 Å². The predicted octanol–water partition coefficient (Wildman–Crippen LogP) is 5.42. The number of hydrogen-bond acceptors (Lipinski definition) is 3. The van der Waals surface area contributed by atoms with E-state index in [0.717, 1.165) is 16.8 Å². The Kier molecular flexibility index (Phi) is 6.50. The zero-order valence-corrected chi connectivity index (χ0v) is 16.1. The highest BCUT2D eigenvalue weighted by atomic mass is 35.5. The summed E-state index contributed by atoms with van der Waals surface area (Å²) in [6, 6.07) is 19.0. The molecule has 0 bridgehead atoms. The van der Waals surface area contributed by atoms with E-state index < -0.39 is 0 Å². The molecule has 0 unspecified atom stereocenters. The van der Waals surface area contributed by atoms with Crippen molar-refractivity contribution in [2.24, 2.45) is 0 Å². The number of rotatable bonds is 7. The summed E-state index contributed by atoms with van der Waals surface area (Å²) in [6.07, 6.45) is 0. The molecule has 0 aliphatic heterocycles. The van der Waals surface area contributed by atoms with E-state index in [-0.39, 0.29) is 18.3 Å². The summed E-state index contributed by atoms with van der Waals surface area (Å²) in [5, 5.41) is 6.37. The molecule has 0 aliphatic rings. The number of ether oxygens (including phenoxy) is 1. The summed E-state index contributed by atoms with van der Waals surface area (Å²) in [4.78, 5) is 12.0. The van der Waals surface area contributed by atoms with Crippen molar-refractivity contribution in [3.05, 3.63) is 88.7 Å². The lowest BCUT2D eigenvalue weighted by atomic mass is 10.2. The molecule has 3 aromatic carbocycles. The van der Waals surface area contributed by atoms with Crippen molar-refractivity contribution in [1.82, 2.24) is 0 Å². The molecular weight excluding hydrogens is 379 g/mol. The Bertz CT molecular complexity index is 944. The van der Waals surface area contributed by atoms with Crippen LogP contribution in [0.15, 0.2) is 66.7 Å². The highest BCUT2D eigenvalue weighted by Crippen LogP contribution is 2.26. The second-order valence-corrected chi connectivity index (χ2v) is 6.74. The smallest absolute Gasteiger partial charge is 0.262 e. The third-order valence-electron chi connectivity index (χ3n) is 4.03. The summed E-state index contributed by atoms with van der Waals surface area (Å²) in [6.45, 7) is 2.37. The van der Waals surface area contributed by atoms with E-state index >= 15 is 0 Å². The Balaban J connectivity index is 1.51. The van der Waals surface area contributed by atoms with Crippen molar-refractivity contribution in [2.45, 2.75) is 13.5 Å². The topological polar surface area (TPSA) is 50.4 Å². The largest absolute Gasteiger partial charge is 0.482 e. The number of halogens is 2. The quantitative estimate of drug-likeness (QED) is 0.559. The Morgan fingerprint density at radius 1 is 1.00 bits per heavy atom. The van der Waals surface area contributed by atoms with Crippen LogP contribution < -0.4 is 15.4 Å². The van der Waals surface area contributed by atoms with Gasteiger partial charge in [0, 0.05) is 17.9 Å². The Morgan fingerprint density at radius 3 is 2.36 bits per heavy atom. The Morgan fingerprint density at radius 2 is 1.68 bits per heavy atom. The van der Waals surface area contributed by atoms with Crippen LogP contribution in [0.3, 0.4) is 0 Å². The van der Waals surface area contributed by atoms with Gasteiger partial charge in [0.15, 0.2) is 6.61 Å². The molecule has 3 aromatic rings. The van der Waals surface area contributed by atoms with E-state index in [2.05, 4.69) is 10.6 Å². The standard InChI is InChI=1S/C22H20ClFN2O2/c1-15-2-7-19(8-3-15)26-22(27)14-28-21-11-4-16(12-20(21)23)13-25-18-9-5-17(24)6-10-18/h2-12,25H,13-14H2,1H3,(H,26,27). The minimum atomic E-state index is -0.276. The van der Waals surface area contributed by atoms with Gasteiger partial charge in [0.25, 0.3) is 5.91 Å². The number of carbonyl (C=O) groups excluding carboxylic acids is 1. The van der Waals surface area contributed by atoms with Crippen molar-refractivity contribution in [2.75, 3.05) is 17.2 Å². The van der Waals surface area contributed by atoms with Crippen LogP contribution in [0.5, 0.6) is 5.75 Å². The number of benzene rings is 3. The van der Waals surface area contributed by atoms with Gasteiger partial charge in [0.2, 0.25) is 0 Å². The zero-order chi connectivity index (χ0) is 19.9. The molecule has 3 rings (SSSR count). The molecule has 2 N–H and O–H groups in total. The van der Waals surface area contributed by atoms with Gasteiger partial charge in [-0.3, -0.25) is 4.79 Å². The second kappa shape index (κ2) is 9.24. The van der Waals surface area contributed by atoms with E-state index in [1.165, 1.54) is 12.1 Å². The van der Waals surface area contributed by atoms with E-state index in [0.29, 0.717) is 23.0 Å². The SMILES string of the molecule is Cc1ccc(NC(=O)COc2ccc(CNc3ccc(F)cc3)cc2Cl)cc1. The molecule has 0 heterocycles. The van der Waals surface area contributed by atoms with Crippen LogP contribution in [0, 0.1) is 12.7 Å². The summed E-state index contributed by atoms with van der Waals surface area (Å²) in [7, 11) is 0. The normalized spacial score (nSPS) is 10.4. The van der Waals surface area contributed by atoms with Crippen LogP contribution in [-0.2, 0) is 11.3 Å². The third-order valence-corrected chi connectivity index (χ3v) is 4.33. The van der Waals surface area contributed by atoms with Crippen molar-refractivity contribution < 1.29 is 13.9 Å². The molecule has 0 saturated carbocycles. The van der Waals surface area contributed by atoms with Crippen molar-refractivity contribution in [3.63, 3.8) is 0 Å². The van der Waals surface area contributed by atoms with Gasteiger partial charge < -0.3 is 15.4 Å². The van der Waals surface area contributed by atoms with Crippen molar-refractivity contribution in [1.29, 1.82) is 0 Å². The van der Waals surface area contributed by atoms with Crippen LogP contribution in [0.2, 0.25) is 5.02 Å². The Labute approximate surface area is 168 Å². The molecule has 0 atom stereocenters. The first-order chi connectivity index (χ1) is 13.5. The molecule has 144 valence electrons. The fraction of sp³-hybridized carbons (Fsp3) is 0.136. The maximum absolute atomic E-state index is 12.9. The fourth-order valence-corrected chi connectivity index (χ4v) is 2.78. The molecule has 0 aromatic heterocycles. The molecule has 28 heavy (non-hydrogen) atoms. The maximum Gasteiger partial charge on any atom is 0.262 e. The first-order valence-corrected chi connectivity index (χ1v) is 9.14. The molecule has 4 nitrogen and oxygen atoms in total. The maximum atomic E-state index is 12.9.